The molecule has 0 spiro atoms. The molecule has 0 aromatic heterocycles. The maximum absolute atomic E-state index is 6.06. The zero-order chi connectivity index (χ0) is 12.6. The van der Waals surface area contributed by atoms with Gasteiger partial charge in [0.25, 0.3) is 0 Å². The van der Waals surface area contributed by atoms with E-state index in [0.717, 1.165) is 37.8 Å². The number of fused-ring (bicyclic) bond motifs is 1. The normalized spacial score (nSPS) is 22.8. The minimum absolute atomic E-state index is 0.118. The molecular weight excluding hydrogens is 220 g/mol. The van der Waals surface area contributed by atoms with E-state index in [2.05, 4.69) is 36.5 Å². The molecule has 0 bridgehead atoms. The fourth-order valence-electron chi connectivity index (χ4n) is 3.24. The van der Waals surface area contributed by atoms with E-state index >= 15 is 0 Å². The van der Waals surface area contributed by atoms with Crippen LogP contribution in [-0.4, -0.2) is 18.6 Å². The molecule has 3 rings (SSSR count). The quantitative estimate of drug-likeness (QED) is 0.832. The third-order valence-electron chi connectivity index (χ3n) is 4.79. The Labute approximate surface area is 110 Å². The second-order valence-corrected chi connectivity index (χ2v) is 6.30. The molecule has 2 aliphatic rings. The number of hydrogen-bond acceptors (Lipinski definition) is 2. The number of nitrogens with one attached hydrogen (secondary N) is 1. The van der Waals surface area contributed by atoms with Crippen molar-refractivity contribution in [3.63, 3.8) is 0 Å². The van der Waals surface area contributed by atoms with Crippen LogP contribution in [0.4, 0.5) is 0 Å². The standard InChI is InChI=1S/C16H24N2/c1-12(13-6-7-13)10-18-16(11-17)8-14-4-2-3-5-15(14)9-16/h2-5,12-13,18H,6-11,17H2,1H3. The lowest BCUT2D eigenvalue weighted by atomic mass is 9.94. The summed E-state index contributed by atoms with van der Waals surface area (Å²) in [7, 11) is 0. The van der Waals surface area contributed by atoms with Crippen LogP contribution in [0.25, 0.3) is 0 Å². The van der Waals surface area contributed by atoms with Gasteiger partial charge < -0.3 is 11.1 Å². The summed E-state index contributed by atoms with van der Waals surface area (Å²) in [5, 5.41) is 3.79. The van der Waals surface area contributed by atoms with E-state index < -0.39 is 0 Å². The van der Waals surface area contributed by atoms with Crippen molar-refractivity contribution in [2.45, 2.75) is 38.1 Å². The maximum atomic E-state index is 6.06. The van der Waals surface area contributed by atoms with Crippen molar-refractivity contribution in [1.29, 1.82) is 0 Å². The molecule has 0 aliphatic heterocycles. The summed E-state index contributed by atoms with van der Waals surface area (Å²) in [4.78, 5) is 0. The average Bonchev–Trinajstić information content (AvgIpc) is 3.17. The van der Waals surface area contributed by atoms with Gasteiger partial charge in [-0.05, 0) is 55.2 Å². The molecule has 98 valence electrons. The predicted molar refractivity (Wildman–Crippen MR) is 75.5 cm³/mol. The fourth-order valence-corrected chi connectivity index (χ4v) is 3.24. The van der Waals surface area contributed by atoms with Gasteiger partial charge in [0.15, 0.2) is 0 Å². The highest BCUT2D eigenvalue weighted by Gasteiger charge is 2.37. The summed E-state index contributed by atoms with van der Waals surface area (Å²) in [6.07, 6.45) is 5.05. The molecule has 0 saturated heterocycles. The third kappa shape index (κ3) is 2.32. The summed E-state index contributed by atoms with van der Waals surface area (Å²) in [5.74, 6) is 1.77. The molecular formula is C16H24N2. The second kappa shape index (κ2) is 4.67. The van der Waals surface area contributed by atoms with Crippen LogP contribution in [0.3, 0.4) is 0 Å². The smallest absolute Gasteiger partial charge is 0.0385 e. The van der Waals surface area contributed by atoms with Gasteiger partial charge in [0.1, 0.15) is 0 Å². The van der Waals surface area contributed by atoms with Gasteiger partial charge >= 0.3 is 0 Å². The molecule has 1 atom stereocenters. The third-order valence-corrected chi connectivity index (χ3v) is 4.79. The van der Waals surface area contributed by atoms with Crippen molar-refractivity contribution in [3.05, 3.63) is 35.4 Å². The summed E-state index contributed by atoms with van der Waals surface area (Å²) in [6, 6.07) is 8.77. The van der Waals surface area contributed by atoms with Gasteiger partial charge in [0.05, 0.1) is 0 Å². The van der Waals surface area contributed by atoms with Crippen LogP contribution in [0, 0.1) is 11.8 Å². The number of rotatable bonds is 5. The summed E-state index contributed by atoms with van der Waals surface area (Å²) in [5.41, 5.74) is 9.14. The molecule has 1 aromatic carbocycles. The molecule has 1 saturated carbocycles. The highest BCUT2D eigenvalue weighted by molar-refractivity contribution is 5.36. The van der Waals surface area contributed by atoms with Crippen molar-refractivity contribution in [1.82, 2.24) is 5.32 Å². The minimum atomic E-state index is 0.118. The van der Waals surface area contributed by atoms with E-state index in [-0.39, 0.29) is 5.54 Å². The SMILES string of the molecule is CC(CNC1(CN)Cc2ccccc2C1)C1CC1. The zero-order valence-corrected chi connectivity index (χ0v) is 11.3. The van der Waals surface area contributed by atoms with Crippen LogP contribution in [0.5, 0.6) is 0 Å². The lowest BCUT2D eigenvalue weighted by molar-refractivity contribution is 0.312. The van der Waals surface area contributed by atoms with Gasteiger partial charge in [-0.25, -0.2) is 0 Å². The largest absolute Gasteiger partial charge is 0.329 e. The molecule has 18 heavy (non-hydrogen) atoms. The molecule has 1 fully saturated rings. The molecule has 0 amide bonds. The van der Waals surface area contributed by atoms with E-state index in [1.54, 1.807) is 0 Å². The minimum Gasteiger partial charge on any atom is -0.329 e. The fraction of sp³-hybridized carbons (Fsp3) is 0.625. The molecule has 0 radical (unpaired) electrons. The first-order chi connectivity index (χ1) is 8.72. The molecule has 2 heteroatoms. The first kappa shape index (κ1) is 12.2. The first-order valence-electron chi connectivity index (χ1n) is 7.24. The Morgan fingerprint density at radius 3 is 2.39 bits per heavy atom. The molecule has 1 unspecified atom stereocenters. The number of hydrogen-bond donors (Lipinski definition) is 2. The maximum Gasteiger partial charge on any atom is 0.0385 e. The van der Waals surface area contributed by atoms with Crippen LogP contribution < -0.4 is 11.1 Å². The predicted octanol–water partition coefficient (Wildman–Crippen LogP) is 2.12. The van der Waals surface area contributed by atoms with Crippen LogP contribution >= 0.6 is 0 Å². The van der Waals surface area contributed by atoms with Gasteiger partial charge in [0.2, 0.25) is 0 Å². The summed E-state index contributed by atoms with van der Waals surface area (Å²) >= 11 is 0. The van der Waals surface area contributed by atoms with Crippen LogP contribution in [0.2, 0.25) is 0 Å². The highest BCUT2D eigenvalue weighted by Crippen LogP contribution is 2.37. The van der Waals surface area contributed by atoms with Crippen molar-refractivity contribution >= 4 is 0 Å². The summed E-state index contributed by atoms with van der Waals surface area (Å²) in [6.45, 7) is 4.23. The van der Waals surface area contributed by atoms with Crippen molar-refractivity contribution in [2.75, 3.05) is 13.1 Å². The molecule has 1 aromatic rings. The number of benzene rings is 1. The van der Waals surface area contributed by atoms with Crippen molar-refractivity contribution < 1.29 is 0 Å². The van der Waals surface area contributed by atoms with Crippen LogP contribution in [0.1, 0.15) is 30.9 Å². The monoisotopic (exact) mass is 244 g/mol. The first-order valence-corrected chi connectivity index (χ1v) is 7.24. The van der Waals surface area contributed by atoms with Gasteiger partial charge in [-0.15, -0.1) is 0 Å². The van der Waals surface area contributed by atoms with Crippen LogP contribution in [0.15, 0.2) is 24.3 Å². The van der Waals surface area contributed by atoms with E-state index in [1.165, 1.54) is 24.0 Å². The highest BCUT2D eigenvalue weighted by atomic mass is 15.0. The van der Waals surface area contributed by atoms with E-state index in [4.69, 9.17) is 5.73 Å². The summed E-state index contributed by atoms with van der Waals surface area (Å²) < 4.78 is 0. The van der Waals surface area contributed by atoms with Gasteiger partial charge in [-0.3, -0.25) is 0 Å². The Balaban J connectivity index is 1.65. The van der Waals surface area contributed by atoms with Crippen molar-refractivity contribution in [2.24, 2.45) is 17.6 Å². The van der Waals surface area contributed by atoms with Crippen molar-refractivity contribution in [3.8, 4) is 0 Å². The Hall–Kier alpha value is -0.860. The topological polar surface area (TPSA) is 38.0 Å². The van der Waals surface area contributed by atoms with Gasteiger partial charge in [0, 0.05) is 12.1 Å². The lowest BCUT2D eigenvalue weighted by Crippen LogP contribution is -2.53. The second-order valence-electron chi connectivity index (χ2n) is 6.30. The van der Waals surface area contributed by atoms with Gasteiger partial charge in [-0.1, -0.05) is 31.2 Å². The van der Waals surface area contributed by atoms with E-state index in [0.29, 0.717) is 0 Å². The van der Waals surface area contributed by atoms with Gasteiger partial charge in [-0.2, -0.15) is 0 Å². The Kier molecular flexibility index (Phi) is 3.16. The zero-order valence-electron chi connectivity index (χ0n) is 11.3. The molecule has 2 aliphatic carbocycles. The Bertz CT molecular complexity index is 398. The van der Waals surface area contributed by atoms with Crippen LogP contribution in [-0.2, 0) is 12.8 Å². The van der Waals surface area contributed by atoms with E-state index in [9.17, 15) is 0 Å². The molecule has 0 heterocycles. The molecule has 2 nitrogen and oxygen atoms in total. The number of nitrogens with two attached hydrogens (primary N) is 1. The lowest BCUT2D eigenvalue weighted by Gasteiger charge is -2.30. The molecule has 3 N–H and O–H groups in total. The average molecular weight is 244 g/mol. The van der Waals surface area contributed by atoms with E-state index in [1.807, 2.05) is 0 Å². The Morgan fingerprint density at radius 2 is 1.89 bits per heavy atom. The Morgan fingerprint density at radius 1 is 1.28 bits per heavy atom.